The van der Waals surface area contributed by atoms with Gasteiger partial charge in [-0.3, -0.25) is 14.3 Å². The molecular weight excluding hydrogens is 487 g/mol. The normalized spacial score (nSPS) is 10.8. The first-order chi connectivity index (χ1) is 13.9. The van der Waals surface area contributed by atoms with E-state index in [0.717, 1.165) is 20.5 Å². The number of nitrogens with zero attached hydrogens (tertiary/aromatic N) is 4. The predicted molar refractivity (Wildman–Crippen MR) is 114 cm³/mol. The van der Waals surface area contributed by atoms with Gasteiger partial charge in [-0.2, -0.15) is 10.1 Å². The van der Waals surface area contributed by atoms with Crippen LogP contribution in [0.2, 0.25) is 0 Å². The molecule has 2 amide bonds. The van der Waals surface area contributed by atoms with Crippen molar-refractivity contribution >= 4 is 34.4 Å². The maximum atomic E-state index is 12.2. The summed E-state index contributed by atoms with van der Waals surface area (Å²) in [6.07, 6.45) is 0. The van der Waals surface area contributed by atoms with Crippen LogP contribution in [0.25, 0.3) is 0 Å². The molecule has 3 rings (SSSR count). The van der Waals surface area contributed by atoms with Crippen molar-refractivity contribution in [2.45, 2.75) is 27.3 Å². The first-order valence-electron chi connectivity index (χ1n) is 9.01. The minimum absolute atomic E-state index is 0.124. The fourth-order valence-corrected chi connectivity index (χ4v) is 3.11. The molecule has 0 bridgehead atoms. The number of hydrogen-bond acceptors (Lipinski definition) is 6. The number of carbonyl (C=O) groups excluding carboxylic acids is 2. The van der Waals surface area contributed by atoms with E-state index < -0.39 is 5.91 Å². The summed E-state index contributed by atoms with van der Waals surface area (Å²) in [4.78, 5) is 28.4. The fraction of sp³-hybridized carbons (Fsp3) is 0.316. The molecule has 1 aromatic carbocycles. The number of rotatable bonds is 7. The third kappa shape index (κ3) is 5.00. The molecule has 3 aromatic rings. The lowest BCUT2D eigenvalue weighted by atomic mass is 10.1. The summed E-state index contributed by atoms with van der Waals surface area (Å²) in [6.45, 7) is 6.60. The first kappa shape index (κ1) is 21.0. The molecule has 0 unspecified atom stereocenters. The van der Waals surface area contributed by atoms with Crippen LogP contribution in [0.15, 0.2) is 28.8 Å². The van der Waals surface area contributed by atoms with Gasteiger partial charge in [-0.1, -0.05) is 23.4 Å². The maximum absolute atomic E-state index is 12.2. The van der Waals surface area contributed by atoms with Gasteiger partial charge in [0, 0.05) is 24.3 Å². The third-order valence-corrected chi connectivity index (χ3v) is 5.89. The Hall–Kier alpha value is -2.76. The molecule has 0 aliphatic rings. The Balaban J connectivity index is 1.48. The topological polar surface area (TPSA) is 115 Å². The smallest absolute Gasteiger partial charge is 0.316 e. The highest BCUT2D eigenvalue weighted by Gasteiger charge is 2.17. The van der Waals surface area contributed by atoms with Gasteiger partial charge in [0.05, 0.1) is 9.26 Å². The van der Waals surface area contributed by atoms with Crippen LogP contribution in [0.4, 0.5) is 0 Å². The molecule has 0 aliphatic carbocycles. The summed E-state index contributed by atoms with van der Waals surface area (Å²) in [5.41, 5.74) is 3.43. The predicted octanol–water partition coefficient (Wildman–Crippen LogP) is 2.00. The van der Waals surface area contributed by atoms with E-state index in [0.29, 0.717) is 17.9 Å². The molecule has 0 fully saturated rings. The third-order valence-electron chi connectivity index (χ3n) is 4.33. The van der Waals surface area contributed by atoms with Gasteiger partial charge in [-0.15, -0.1) is 0 Å². The van der Waals surface area contributed by atoms with E-state index in [9.17, 15) is 9.59 Å². The largest absolute Gasteiger partial charge is 0.350 e. The van der Waals surface area contributed by atoms with Crippen molar-refractivity contribution in [3.05, 3.63) is 62.1 Å². The molecule has 0 saturated carbocycles. The Labute approximate surface area is 181 Å². The molecule has 0 atom stereocenters. The average molecular weight is 508 g/mol. The molecule has 2 heterocycles. The van der Waals surface area contributed by atoms with Gasteiger partial charge in [0.1, 0.15) is 6.54 Å². The molecule has 10 heteroatoms. The van der Waals surface area contributed by atoms with Crippen molar-refractivity contribution in [2.24, 2.45) is 0 Å². The second-order valence-corrected chi connectivity index (χ2v) is 7.56. The average Bonchev–Trinajstić information content (AvgIpc) is 3.26. The molecule has 0 radical (unpaired) electrons. The monoisotopic (exact) mass is 508 g/mol. The van der Waals surface area contributed by atoms with Crippen molar-refractivity contribution in [3.63, 3.8) is 0 Å². The standard InChI is InChI=1S/C19H21IN6O3/c1-11-6-4-5-7-14(11)17(27)21-8-9-22-18(28)19-23-15(25-29-19)10-26-13(3)16(20)12(2)24-26/h4-7H,8-10H2,1-3H3,(H,21,27)(H,22,28). The second kappa shape index (κ2) is 9.16. The first-order valence-corrected chi connectivity index (χ1v) is 10.1. The van der Waals surface area contributed by atoms with Crippen LogP contribution >= 0.6 is 22.6 Å². The Morgan fingerprint density at radius 3 is 2.45 bits per heavy atom. The number of halogens is 1. The zero-order valence-corrected chi connectivity index (χ0v) is 18.5. The fourth-order valence-electron chi connectivity index (χ4n) is 2.72. The minimum atomic E-state index is -0.489. The van der Waals surface area contributed by atoms with Crippen molar-refractivity contribution in [3.8, 4) is 0 Å². The van der Waals surface area contributed by atoms with Crippen LogP contribution < -0.4 is 10.6 Å². The molecule has 29 heavy (non-hydrogen) atoms. The van der Waals surface area contributed by atoms with Gasteiger partial charge in [-0.25, -0.2) is 0 Å². The quantitative estimate of drug-likeness (QED) is 0.373. The van der Waals surface area contributed by atoms with Crippen LogP contribution in [0.1, 0.15) is 43.8 Å². The van der Waals surface area contributed by atoms with Gasteiger partial charge in [0.25, 0.3) is 5.91 Å². The highest BCUT2D eigenvalue weighted by Crippen LogP contribution is 2.16. The number of aromatic nitrogens is 4. The van der Waals surface area contributed by atoms with E-state index in [2.05, 4.69) is 48.5 Å². The summed E-state index contributed by atoms with van der Waals surface area (Å²) >= 11 is 2.24. The van der Waals surface area contributed by atoms with Crippen LogP contribution in [0.3, 0.4) is 0 Å². The van der Waals surface area contributed by atoms with E-state index in [1.165, 1.54) is 0 Å². The second-order valence-electron chi connectivity index (χ2n) is 6.48. The molecule has 9 nitrogen and oxygen atoms in total. The van der Waals surface area contributed by atoms with Crippen molar-refractivity contribution in [1.29, 1.82) is 0 Å². The summed E-state index contributed by atoms with van der Waals surface area (Å²) in [7, 11) is 0. The van der Waals surface area contributed by atoms with E-state index in [1.54, 1.807) is 10.7 Å². The number of nitrogens with one attached hydrogen (secondary N) is 2. The van der Waals surface area contributed by atoms with E-state index in [1.807, 2.05) is 39.0 Å². The lowest BCUT2D eigenvalue weighted by Crippen LogP contribution is -2.35. The van der Waals surface area contributed by atoms with E-state index in [-0.39, 0.29) is 24.9 Å². The Morgan fingerprint density at radius 1 is 1.10 bits per heavy atom. The van der Waals surface area contributed by atoms with Crippen LogP contribution in [-0.2, 0) is 6.54 Å². The van der Waals surface area contributed by atoms with Crippen LogP contribution in [-0.4, -0.2) is 44.8 Å². The van der Waals surface area contributed by atoms with Crippen molar-refractivity contribution in [1.82, 2.24) is 30.6 Å². The van der Waals surface area contributed by atoms with Gasteiger partial charge in [0.2, 0.25) is 0 Å². The van der Waals surface area contributed by atoms with E-state index >= 15 is 0 Å². The summed E-state index contributed by atoms with van der Waals surface area (Å²) in [5.74, 6) is -0.430. The number of hydrogen-bond donors (Lipinski definition) is 2. The van der Waals surface area contributed by atoms with Gasteiger partial charge in [-0.05, 0) is 55.0 Å². The SMILES string of the molecule is Cc1ccccc1C(=O)NCCNC(=O)c1nc(Cn2nc(C)c(I)c2C)no1. The number of amides is 2. The van der Waals surface area contributed by atoms with Crippen LogP contribution in [0.5, 0.6) is 0 Å². The van der Waals surface area contributed by atoms with E-state index in [4.69, 9.17) is 4.52 Å². The Bertz CT molecular complexity index is 1040. The Kier molecular flexibility index (Phi) is 6.62. The highest BCUT2D eigenvalue weighted by atomic mass is 127. The maximum Gasteiger partial charge on any atom is 0.316 e. The lowest BCUT2D eigenvalue weighted by molar-refractivity contribution is 0.0898. The summed E-state index contributed by atoms with van der Waals surface area (Å²) in [5, 5.41) is 13.7. The van der Waals surface area contributed by atoms with Crippen molar-refractivity contribution in [2.75, 3.05) is 13.1 Å². The van der Waals surface area contributed by atoms with Gasteiger partial charge >= 0.3 is 11.8 Å². The molecular formula is C19H21IN6O3. The zero-order valence-electron chi connectivity index (χ0n) is 16.3. The van der Waals surface area contributed by atoms with Gasteiger partial charge in [0.15, 0.2) is 5.82 Å². The summed E-state index contributed by atoms with van der Waals surface area (Å²) < 4.78 is 7.88. The minimum Gasteiger partial charge on any atom is -0.350 e. The molecule has 2 N–H and O–H groups in total. The van der Waals surface area contributed by atoms with Crippen molar-refractivity contribution < 1.29 is 14.1 Å². The number of carbonyl (C=O) groups is 2. The Morgan fingerprint density at radius 2 is 1.79 bits per heavy atom. The zero-order chi connectivity index (χ0) is 21.0. The van der Waals surface area contributed by atoms with Gasteiger partial charge < -0.3 is 15.2 Å². The molecule has 152 valence electrons. The molecule has 2 aromatic heterocycles. The number of benzene rings is 1. The molecule has 0 saturated heterocycles. The molecule has 0 aliphatic heterocycles. The summed E-state index contributed by atoms with van der Waals surface area (Å²) in [6, 6.07) is 7.31. The lowest BCUT2D eigenvalue weighted by Gasteiger charge is -2.07. The highest BCUT2D eigenvalue weighted by molar-refractivity contribution is 14.1. The molecule has 0 spiro atoms. The number of aryl methyl sites for hydroxylation is 2. The van der Waals surface area contributed by atoms with Crippen LogP contribution in [0, 0.1) is 24.3 Å².